The van der Waals surface area contributed by atoms with Gasteiger partial charge in [-0.3, -0.25) is 4.79 Å². The molecule has 3 N–H and O–H groups in total. The van der Waals surface area contributed by atoms with Crippen molar-refractivity contribution in [3.8, 4) is 11.5 Å². The number of hydrogen-bond donors (Lipinski definition) is 2. The molecule has 21 heavy (non-hydrogen) atoms. The fraction of sp³-hybridized carbons (Fsp3) is 0.133. The first-order chi connectivity index (χ1) is 10.1. The maximum Gasteiger partial charge on any atom is 0.253 e. The SMILES string of the molecule is Nc1cccc(C(=O)NCc2ccc3c(c2)OCO3)c1Cl. The Labute approximate surface area is 126 Å². The van der Waals surface area contributed by atoms with Crippen LogP contribution in [-0.2, 0) is 6.54 Å². The summed E-state index contributed by atoms with van der Waals surface area (Å²) in [5, 5.41) is 3.06. The number of carbonyl (C=O) groups excluding carboxylic acids is 1. The summed E-state index contributed by atoms with van der Waals surface area (Å²) in [4.78, 5) is 12.1. The Kier molecular flexibility index (Phi) is 3.58. The van der Waals surface area contributed by atoms with Gasteiger partial charge in [-0.15, -0.1) is 0 Å². The molecule has 0 atom stereocenters. The van der Waals surface area contributed by atoms with Gasteiger partial charge in [0.15, 0.2) is 11.5 Å². The van der Waals surface area contributed by atoms with Crippen molar-refractivity contribution in [2.75, 3.05) is 12.5 Å². The van der Waals surface area contributed by atoms with Crippen LogP contribution in [0.5, 0.6) is 11.5 Å². The van der Waals surface area contributed by atoms with Crippen LogP contribution in [-0.4, -0.2) is 12.7 Å². The van der Waals surface area contributed by atoms with E-state index in [2.05, 4.69) is 5.32 Å². The summed E-state index contributed by atoms with van der Waals surface area (Å²) < 4.78 is 10.5. The molecule has 1 heterocycles. The predicted octanol–water partition coefficient (Wildman–Crippen LogP) is 2.58. The molecular weight excluding hydrogens is 292 g/mol. The Morgan fingerprint density at radius 2 is 2.05 bits per heavy atom. The molecule has 1 aliphatic heterocycles. The highest BCUT2D eigenvalue weighted by Gasteiger charge is 2.15. The third kappa shape index (κ3) is 2.73. The molecule has 0 radical (unpaired) electrons. The van der Waals surface area contributed by atoms with Crippen molar-refractivity contribution in [2.24, 2.45) is 0 Å². The predicted molar refractivity (Wildman–Crippen MR) is 79.6 cm³/mol. The third-order valence-electron chi connectivity index (χ3n) is 3.16. The normalized spacial score (nSPS) is 12.2. The van der Waals surface area contributed by atoms with Gasteiger partial charge in [-0.25, -0.2) is 0 Å². The zero-order chi connectivity index (χ0) is 14.8. The van der Waals surface area contributed by atoms with Gasteiger partial charge in [0.05, 0.1) is 16.3 Å². The number of anilines is 1. The first kappa shape index (κ1) is 13.6. The number of hydrogen-bond acceptors (Lipinski definition) is 4. The number of nitrogens with one attached hydrogen (secondary N) is 1. The quantitative estimate of drug-likeness (QED) is 0.855. The molecule has 0 bridgehead atoms. The van der Waals surface area contributed by atoms with Crippen LogP contribution in [0.25, 0.3) is 0 Å². The Bertz CT molecular complexity index is 703. The van der Waals surface area contributed by atoms with Crippen LogP contribution in [0.2, 0.25) is 5.02 Å². The summed E-state index contributed by atoms with van der Waals surface area (Å²) in [5.74, 6) is 1.12. The monoisotopic (exact) mass is 304 g/mol. The third-order valence-corrected chi connectivity index (χ3v) is 3.59. The van der Waals surface area contributed by atoms with Gasteiger partial charge >= 0.3 is 0 Å². The van der Waals surface area contributed by atoms with Gasteiger partial charge in [0.1, 0.15) is 0 Å². The number of amides is 1. The second-order valence-electron chi connectivity index (χ2n) is 4.58. The molecule has 108 valence electrons. The van der Waals surface area contributed by atoms with E-state index in [-0.39, 0.29) is 17.7 Å². The minimum absolute atomic E-state index is 0.226. The highest BCUT2D eigenvalue weighted by atomic mass is 35.5. The summed E-state index contributed by atoms with van der Waals surface area (Å²) >= 11 is 6.02. The highest BCUT2D eigenvalue weighted by Crippen LogP contribution is 2.32. The van der Waals surface area contributed by atoms with Gasteiger partial charge in [-0.1, -0.05) is 23.7 Å². The smallest absolute Gasteiger partial charge is 0.253 e. The zero-order valence-corrected chi connectivity index (χ0v) is 11.8. The first-order valence-electron chi connectivity index (χ1n) is 6.36. The molecule has 5 nitrogen and oxygen atoms in total. The molecule has 1 aliphatic rings. The molecule has 6 heteroatoms. The van der Waals surface area contributed by atoms with E-state index in [1.807, 2.05) is 18.2 Å². The lowest BCUT2D eigenvalue weighted by atomic mass is 10.1. The number of nitrogens with two attached hydrogens (primary N) is 1. The van der Waals surface area contributed by atoms with Crippen molar-refractivity contribution in [3.63, 3.8) is 0 Å². The van der Waals surface area contributed by atoms with Crippen LogP contribution >= 0.6 is 11.6 Å². The van der Waals surface area contributed by atoms with E-state index in [9.17, 15) is 4.79 Å². The molecule has 2 aromatic carbocycles. The van der Waals surface area contributed by atoms with E-state index in [0.29, 0.717) is 29.3 Å². The molecule has 0 aromatic heterocycles. The van der Waals surface area contributed by atoms with Gasteiger partial charge in [0, 0.05) is 6.54 Å². The van der Waals surface area contributed by atoms with Crippen LogP contribution in [0, 0.1) is 0 Å². The van der Waals surface area contributed by atoms with Gasteiger partial charge in [0.25, 0.3) is 5.91 Å². The van der Waals surface area contributed by atoms with Crippen LogP contribution in [0.1, 0.15) is 15.9 Å². The number of carbonyl (C=O) groups is 1. The summed E-state index contributed by atoms with van der Waals surface area (Å²) in [7, 11) is 0. The maximum atomic E-state index is 12.1. The summed E-state index contributed by atoms with van der Waals surface area (Å²) in [6, 6.07) is 10.5. The zero-order valence-electron chi connectivity index (χ0n) is 11.1. The van der Waals surface area contributed by atoms with Crippen LogP contribution in [0.4, 0.5) is 5.69 Å². The number of ether oxygens (including phenoxy) is 2. The Morgan fingerprint density at radius 3 is 2.90 bits per heavy atom. The van der Waals surface area contributed by atoms with Crippen molar-refractivity contribution in [3.05, 3.63) is 52.5 Å². The minimum atomic E-state index is -0.273. The van der Waals surface area contributed by atoms with E-state index < -0.39 is 0 Å². The largest absolute Gasteiger partial charge is 0.454 e. The maximum absolute atomic E-state index is 12.1. The summed E-state index contributed by atoms with van der Waals surface area (Å²) in [6.07, 6.45) is 0. The molecule has 0 aliphatic carbocycles. The number of benzene rings is 2. The number of halogens is 1. The van der Waals surface area contributed by atoms with Crippen molar-refractivity contribution < 1.29 is 14.3 Å². The first-order valence-corrected chi connectivity index (χ1v) is 6.73. The highest BCUT2D eigenvalue weighted by molar-refractivity contribution is 6.36. The standard InChI is InChI=1S/C15H13ClN2O3/c16-14-10(2-1-3-11(14)17)15(19)18-7-9-4-5-12-13(6-9)21-8-20-12/h1-6H,7-8,17H2,(H,18,19). The van der Waals surface area contributed by atoms with E-state index in [0.717, 1.165) is 5.56 Å². The number of rotatable bonds is 3. The fourth-order valence-electron chi connectivity index (χ4n) is 2.05. The van der Waals surface area contributed by atoms with Crippen LogP contribution in [0.3, 0.4) is 0 Å². The second kappa shape index (κ2) is 5.54. The van der Waals surface area contributed by atoms with Gasteiger partial charge in [-0.05, 0) is 29.8 Å². The van der Waals surface area contributed by atoms with Crippen molar-refractivity contribution in [1.82, 2.24) is 5.32 Å². The van der Waals surface area contributed by atoms with Crippen LogP contribution in [0.15, 0.2) is 36.4 Å². The van der Waals surface area contributed by atoms with Crippen LogP contribution < -0.4 is 20.5 Å². The molecule has 0 saturated heterocycles. The molecule has 2 aromatic rings. The Balaban J connectivity index is 1.70. The average molecular weight is 305 g/mol. The molecule has 0 unspecified atom stereocenters. The average Bonchev–Trinajstić information content (AvgIpc) is 2.95. The van der Waals surface area contributed by atoms with E-state index in [1.165, 1.54) is 0 Å². The van der Waals surface area contributed by atoms with Crippen molar-refractivity contribution >= 4 is 23.2 Å². The van der Waals surface area contributed by atoms with Gasteiger partial charge < -0.3 is 20.5 Å². The molecule has 0 spiro atoms. The lowest BCUT2D eigenvalue weighted by molar-refractivity contribution is 0.0951. The van der Waals surface area contributed by atoms with E-state index >= 15 is 0 Å². The fourth-order valence-corrected chi connectivity index (χ4v) is 2.27. The Morgan fingerprint density at radius 1 is 1.24 bits per heavy atom. The molecule has 0 saturated carbocycles. The summed E-state index contributed by atoms with van der Waals surface area (Å²) in [5.41, 5.74) is 7.34. The van der Waals surface area contributed by atoms with E-state index in [1.54, 1.807) is 18.2 Å². The Hall–Kier alpha value is -2.40. The topological polar surface area (TPSA) is 73.6 Å². The summed E-state index contributed by atoms with van der Waals surface area (Å²) in [6.45, 7) is 0.588. The number of nitrogen functional groups attached to an aromatic ring is 1. The minimum Gasteiger partial charge on any atom is -0.454 e. The molecular formula is C15H13ClN2O3. The van der Waals surface area contributed by atoms with E-state index in [4.69, 9.17) is 26.8 Å². The lowest BCUT2D eigenvalue weighted by Crippen LogP contribution is -2.23. The molecule has 1 amide bonds. The number of fused-ring (bicyclic) bond motifs is 1. The second-order valence-corrected chi connectivity index (χ2v) is 4.96. The lowest BCUT2D eigenvalue weighted by Gasteiger charge is -2.08. The molecule has 0 fully saturated rings. The van der Waals surface area contributed by atoms with Crippen molar-refractivity contribution in [1.29, 1.82) is 0 Å². The van der Waals surface area contributed by atoms with Gasteiger partial charge in [-0.2, -0.15) is 0 Å². The van der Waals surface area contributed by atoms with Crippen molar-refractivity contribution in [2.45, 2.75) is 6.54 Å². The van der Waals surface area contributed by atoms with Gasteiger partial charge in [0.2, 0.25) is 6.79 Å². The molecule has 3 rings (SSSR count).